The Hall–Kier alpha value is -1.83. The Kier molecular flexibility index (Phi) is 7.68. The van der Waals surface area contributed by atoms with E-state index in [4.69, 9.17) is 0 Å². The molecule has 2 aromatic rings. The van der Waals surface area contributed by atoms with Crippen molar-refractivity contribution in [3.63, 3.8) is 0 Å². The van der Waals surface area contributed by atoms with E-state index in [2.05, 4.69) is 10.0 Å². The van der Waals surface area contributed by atoms with Gasteiger partial charge in [0.1, 0.15) is 6.04 Å². The number of nitrogens with one attached hydrogen (secondary N) is 2. The van der Waals surface area contributed by atoms with E-state index >= 15 is 0 Å². The van der Waals surface area contributed by atoms with Gasteiger partial charge in [-0.3, -0.25) is 4.79 Å². The summed E-state index contributed by atoms with van der Waals surface area (Å²) in [5.41, 5.74) is 2.09. The summed E-state index contributed by atoms with van der Waals surface area (Å²) in [5, 5.41) is 2.85. The Labute approximate surface area is 159 Å². The molecule has 0 saturated heterocycles. The van der Waals surface area contributed by atoms with Crippen LogP contribution in [0.2, 0.25) is 0 Å². The van der Waals surface area contributed by atoms with Crippen molar-refractivity contribution >= 4 is 27.7 Å². The number of sulfonamides is 1. The molecular weight excluding hydrogens is 368 g/mol. The summed E-state index contributed by atoms with van der Waals surface area (Å²) in [6, 6.07) is 15.1. The van der Waals surface area contributed by atoms with Crippen molar-refractivity contribution in [1.82, 2.24) is 10.0 Å². The summed E-state index contributed by atoms with van der Waals surface area (Å²) in [7, 11) is -3.75. The molecule has 1 atom stereocenters. The zero-order valence-electron chi connectivity index (χ0n) is 14.9. The number of carbonyl (C=O) groups is 1. The summed E-state index contributed by atoms with van der Waals surface area (Å²) < 4.78 is 27.6. The van der Waals surface area contributed by atoms with Gasteiger partial charge in [-0.05, 0) is 48.6 Å². The minimum atomic E-state index is -3.75. The van der Waals surface area contributed by atoms with Gasteiger partial charge in [0.2, 0.25) is 15.9 Å². The SMILES string of the molecule is CSCC[C@@H](NS(=O)(=O)c1ccccc1)C(=O)NCc1ccccc1C. The third-order valence-electron chi connectivity index (χ3n) is 3.99. The number of hydrogen-bond acceptors (Lipinski definition) is 4. The molecule has 140 valence electrons. The molecule has 0 aliphatic heterocycles. The van der Waals surface area contributed by atoms with Crippen molar-refractivity contribution in [2.75, 3.05) is 12.0 Å². The Balaban J connectivity index is 2.08. The maximum absolute atomic E-state index is 12.6. The van der Waals surface area contributed by atoms with Crippen LogP contribution in [0.25, 0.3) is 0 Å². The van der Waals surface area contributed by atoms with E-state index in [1.54, 1.807) is 30.0 Å². The van der Waals surface area contributed by atoms with Crippen molar-refractivity contribution in [3.8, 4) is 0 Å². The molecule has 0 fully saturated rings. The Morgan fingerprint density at radius 1 is 1.08 bits per heavy atom. The van der Waals surface area contributed by atoms with Crippen molar-refractivity contribution < 1.29 is 13.2 Å². The monoisotopic (exact) mass is 392 g/mol. The van der Waals surface area contributed by atoms with E-state index in [9.17, 15) is 13.2 Å². The Morgan fingerprint density at radius 2 is 1.73 bits per heavy atom. The van der Waals surface area contributed by atoms with Gasteiger partial charge in [0.15, 0.2) is 0 Å². The molecule has 26 heavy (non-hydrogen) atoms. The average molecular weight is 393 g/mol. The number of amides is 1. The molecule has 0 aliphatic rings. The van der Waals surface area contributed by atoms with Gasteiger partial charge in [0, 0.05) is 6.54 Å². The van der Waals surface area contributed by atoms with Crippen LogP contribution >= 0.6 is 11.8 Å². The smallest absolute Gasteiger partial charge is 0.241 e. The maximum atomic E-state index is 12.6. The third kappa shape index (κ3) is 5.86. The molecule has 2 rings (SSSR count). The average Bonchev–Trinajstić information content (AvgIpc) is 2.65. The Bertz CT molecular complexity index is 824. The number of rotatable bonds is 9. The fourth-order valence-electron chi connectivity index (χ4n) is 2.45. The van der Waals surface area contributed by atoms with Gasteiger partial charge in [0.25, 0.3) is 0 Å². The van der Waals surface area contributed by atoms with Gasteiger partial charge >= 0.3 is 0 Å². The number of hydrogen-bond donors (Lipinski definition) is 2. The first-order valence-electron chi connectivity index (χ1n) is 8.32. The molecule has 2 N–H and O–H groups in total. The van der Waals surface area contributed by atoms with Gasteiger partial charge in [-0.25, -0.2) is 8.42 Å². The minimum absolute atomic E-state index is 0.154. The molecule has 0 bridgehead atoms. The fourth-order valence-corrected chi connectivity index (χ4v) is 4.17. The molecular formula is C19H24N2O3S2. The number of aryl methyl sites for hydroxylation is 1. The van der Waals surface area contributed by atoms with Gasteiger partial charge in [0.05, 0.1) is 4.90 Å². The van der Waals surface area contributed by atoms with Crippen molar-refractivity contribution in [2.24, 2.45) is 0 Å². The zero-order chi connectivity index (χ0) is 19.0. The molecule has 7 heteroatoms. The number of benzene rings is 2. The zero-order valence-corrected chi connectivity index (χ0v) is 16.6. The molecule has 2 aromatic carbocycles. The number of carbonyl (C=O) groups excluding carboxylic acids is 1. The quantitative estimate of drug-likeness (QED) is 0.688. The molecule has 5 nitrogen and oxygen atoms in total. The Morgan fingerprint density at radius 3 is 2.38 bits per heavy atom. The molecule has 1 amide bonds. The molecule has 0 radical (unpaired) electrons. The highest BCUT2D eigenvalue weighted by Crippen LogP contribution is 2.11. The second-order valence-electron chi connectivity index (χ2n) is 5.91. The first-order valence-corrected chi connectivity index (χ1v) is 11.2. The van der Waals surface area contributed by atoms with E-state index in [1.807, 2.05) is 37.4 Å². The molecule has 0 aromatic heterocycles. The minimum Gasteiger partial charge on any atom is -0.351 e. The second kappa shape index (κ2) is 9.75. The van der Waals surface area contributed by atoms with E-state index in [1.165, 1.54) is 12.1 Å². The van der Waals surface area contributed by atoms with Crippen molar-refractivity contribution in [2.45, 2.75) is 30.8 Å². The van der Waals surface area contributed by atoms with Gasteiger partial charge in [-0.1, -0.05) is 42.5 Å². The lowest BCUT2D eigenvalue weighted by molar-refractivity contribution is -0.122. The standard InChI is InChI=1S/C19H24N2O3S2/c1-15-8-6-7-9-16(15)14-20-19(22)18(12-13-25-2)21-26(23,24)17-10-4-3-5-11-17/h3-11,18,21H,12-14H2,1-2H3,(H,20,22)/t18-/m1/s1. The summed E-state index contributed by atoms with van der Waals surface area (Å²) in [6.07, 6.45) is 2.35. The molecule has 0 saturated carbocycles. The van der Waals surface area contributed by atoms with Gasteiger partial charge < -0.3 is 5.32 Å². The molecule has 0 spiro atoms. The highest BCUT2D eigenvalue weighted by atomic mass is 32.2. The van der Waals surface area contributed by atoms with Gasteiger partial charge in [-0.2, -0.15) is 16.5 Å². The first-order chi connectivity index (χ1) is 12.4. The van der Waals surface area contributed by atoms with Crippen LogP contribution in [0.5, 0.6) is 0 Å². The lowest BCUT2D eigenvalue weighted by atomic mass is 10.1. The highest BCUT2D eigenvalue weighted by molar-refractivity contribution is 7.98. The normalized spacial score (nSPS) is 12.5. The predicted molar refractivity (Wildman–Crippen MR) is 107 cm³/mol. The third-order valence-corrected chi connectivity index (χ3v) is 6.12. The van der Waals surface area contributed by atoms with Crippen molar-refractivity contribution in [3.05, 3.63) is 65.7 Å². The van der Waals surface area contributed by atoms with E-state index in [0.29, 0.717) is 18.7 Å². The fraction of sp³-hybridized carbons (Fsp3) is 0.316. The van der Waals surface area contributed by atoms with Crippen LogP contribution in [0, 0.1) is 6.92 Å². The van der Waals surface area contributed by atoms with Crippen molar-refractivity contribution in [1.29, 1.82) is 0 Å². The summed E-state index contributed by atoms with van der Waals surface area (Å²) >= 11 is 1.57. The summed E-state index contributed by atoms with van der Waals surface area (Å²) in [4.78, 5) is 12.7. The van der Waals surface area contributed by atoms with Crippen LogP contribution in [0.1, 0.15) is 17.5 Å². The van der Waals surface area contributed by atoms with E-state index in [0.717, 1.165) is 11.1 Å². The highest BCUT2D eigenvalue weighted by Gasteiger charge is 2.25. The first kappa shape index (κ1) is 20.5. The molecule has 0 heterocycles. The largest absolute Gasteiger partial charge is 0.351 e. The van der Waals surface area contributed by atoms with Gasteiger partial charge in [-0.15, -0.1) is 0 Å². The summed E-state index contributed by atoms with van der Waals surface area (Å²) in [6.45, 7) is 2.35. The maximum Gasteiger partial charge on any atom is 0.241 e. The second-order valence-corrected chi connectivity index (χ2v) is 8.61. The lowest BCUT2D eigenvalue weighted by Gasteiger charge is -2.18. The van der Waals surface area contributed by atoms with Crippen LogP contribution in [0.3, 0.4) is 0 Å². The van der Waals surface area contributed by atoms with E-state index < -0.39 is 16.1 Å². The van der Waals surface area contributed by atoms with Crippen LogP contribution in [0.4, 0.5) is 0 Å². The molecule has 0 aliphatic carbocycles. The van der Waals surface area contributed by atoms with Crippen LogP contribution in [0.15, 0.2) is 59.5 Å². The predicted octanol–water partition coefficient (Wildman–Crippen LogP) is 2.71. The lowest BCUT2D eigenvalue weighted by Crippen LogP contribution is -2.46. The molecule has 0 unspecified atom stereocenters. The number of thioether (sulfide) groups is 1. The van der Waals surface area contributed by atoms with Crippen LogP contribution in [-0.2, 0) is 21.4 Å². The van der Waals surface area contributed by atoms with Crippen LogP contribution < -0.4 is 10.0 Å². The van der Waals surface area contributed by atoms with Crippen LogP contribution in [-0.4, -0.2) is 32.4 Å². The van der Waals surface area contributed by atoms with E-state index in [-0.39, 0.29) is 10.8 Å². The summed E-state index contributed by atoms with van der Waals surface area (Å²) in [5.74, 6) is 0.363. The topological polar surface area (TPSA) is 75.3 Å².